The zero-order chi connectivity index (χ0) is 28.2. The molecule has 0 bridgehead atoms. The first-order chi connectivity index (χ1) is 18.7. The number of esters is 1. The van der Waals surface area contributed by atoms with Crippen molar-refractivity contribution in [2.24, 2.45) is 0 Å². The Bertz CT molecular complexity index is 1350. The van der Waals surface area contributed by atoms with Crippen molar-refractivity contribution in [3.8, 4) is 17.2 Å². The molecule has 0 N–H and O–H groups in total. The number of hydrogen-bond donors (Lipinski definition) is 0. The van der Waals surface area contributed by atoms with Crippen molar-refractivity contribution in [3.05, 3.63) is 45.4 Å². The topological polar surface area (TPSA) is 121 Å². The standard InChI is InChI=1S/C25H28Cl2N2O9S/c1-3-35-16-13-19(36-4-2)22-20(14-16)39(32,33)29(24(22)30)15-38-25(31)21-17(26)5-6-18(23(21)27)37-12-9-28-7-10-34-11-8-28/h5-6,13-14H,3-4,7-12,15H2,1-2H3. The first-order valence-electron chi connectivity index (χ1n) is 12.3. The van der Waals surface area contributed by atoms with Gasteiger partial charge in [0, 0.05) is 31.8 Å². The molecule has 4 rings (SSSR count). The lowest BCUT2D eigenvalue weighted by Gasteiger charge is -2.26. The van der Waals surface area contributed by atoms with Gasteiger partial charge in [-0.1, -0.05) is 23.2 Å². The second-order valence-corrected chi connectivity index (χ2v) is 11.0. The Kier molecular flexibility index (Phi) is 9.44. The molecule has 0 spiro atoms. The van der Waals surface area contributed by atoms with Gasteiger partial charge >= 0.3 is 5.97 Å². The molecule has 1 amide bonds. The predicted octanol–water partition coefficient (Wildman–Crippen LogP) is 3.46. The summed E-state index contributed by atoms with van der Waals surface area (Å²) in [6.07, 6.45) is 0. The molecule has 11 nitrogen and oxygen atoms in total. The molecule has 2 aromatic rings. The quantitative estimate of drug-likeness (QED) is 0.353. The number of morpholine rings is 1. The van der Waals surface area contributed by atoms with E-state index >= 15 is 0 Å². The van der Waals surface area contributed by atoms with Crippen molar-refractivity contribution in [2.45, 2.75) is 18.7 Å². The van der Waals surface area contributed by atoms with E-state index in [9.17, 15) is 18.0 Å². The molecule has 39 heavy (non-hydrogen) atoms. The third kappa shape index (κ3) is 6.20. The summed E-state index contributed by atoms with van der Waals surface area (Å²) in [5.74, 6) is -1.44. The lowest BCUT2D eigenvalue weighted by Crippen LogP contribution is -2.38. The van der Waals surface area contributed by atoms with Gasteiger partial charge in [-0.25, -0.2) is 13.2 Å². The normalized spacial score (nSPS) is 16.6. The van der Waals surface area contributed by atoms with Crippen molar-refractivity contribution in [3.63, 3.8) is 0 Å². The largest absolute Gasteiger partial charge is 0.494 e. The molecule has 0 radical (unpaired) electrons. The molecular formula is C25H28Cl2N2O9S. The summed E-state index contributed by atoms with van der Waals surface area (Å²) in [7, 11) is -4.36. The van der Waals surface area contributed by atoms with Crippen LogP contribution in [0.3, 0.4) is 0 Å². The third-order valence-corrected chi connectivity index (χ3v) is 8.42. The Balaban J connectivity index is 1.49. The van der Waals surface area contributed by atoms with E-state index < -0.39 is 28.6 Å². The van der Waals surface area contributed by atoms with E-state index in [1.807, 2.05) is 0 Å². The molecule has 0 aromatic heterocycles. The summed E-state index contributed by atoms with van der Waals surface area (Å²) < 4.78 is 54.1. The second-order valence-electron chi connectivity index (χ2n) is 8.42. The Hall–Kier alpha value is -2.77. The number of fused-ring (bicyclic) bond motifs is 1. The van der Waals surface area contributed by atoms with Crippen molar-refractivity contribution in [1.82, 2.24) is 9.21 Å². The van der Waals surface area contributed by atoms with Crippen molar-refractivity contribution < 1.29 is 41.7 Å². The number of nitrogens with zero attached hydrogens (tertiary/aromatic N) is 2. The molecule has 1 fully saturated rings. The van der Waals surface area contributed by atoms with Crippen LogP contribution in [0.15, 0.2) is 29.2 Å². The van der Waals surface area contributed by atoms with Crippen molar-refractivity contribution in [2.75, 3.05) is 59.4 Å². The van der Waals surface area contributed by atoms with E-state index in [1.165, 1.54) is 24.3 Å². The summed E-state index contributed by atoms with van der Waals surface area (Å²) in [6, 6.07) is 5.63. The van der Waals surface area contributed by atoms with Gasteiger partial charge in [0.1, 0.15) is 39.9 Å². The number of carbonyl (C=O) groups excluding carboxylic acids is 2. The van der Waals surface area contributed by atoms with Crippen LogP contribution in [0.1, 0.15) is 34.6 Å². The van der Waals surface area contributed by atoms with Gasteiger partial charge < -0.3 is 23.7 Å². The van der Waals surface area contributed by atoms with Gasteiger partial charge in [0.2, 0.25) is 0 Å². The first-order valence-corrected chi connectivity index (χ1v) is 14.5. The molecular weight excluding hydrogens is 575 g/mol. The molecule has 2 heterocycles. The van der Waals surface area contributed by atoms with Crippen LogP contribution in [0.25, 0.3) is 0 Å². The van der Waals surface area contributed by atoms with Crippen LogP contribution in [0, 0.1) is 0 Å². The van der Waals surface area contributed by atoms with E-state index in [2.05, 4.69) is 4.90 Å². The number of carbonyl (C=O) groups is 2. The van der Waals surface area contributed by atoms with Crippen molar-refractivity contribution >= 4 is 45.1 Å². The summed E-state index contributed by atoms with van der Waals surface area (Å²) in [5.41, 5.74) is -0.375. The SMILES string of the molecule is CCOc1cc(OCC)c2c(c1)S(=O)(=O)N(COC(=O)c1c(Cl)ccc(OCCN3CCOCC3)c1Cl)C2=O. The number of ether oxygens (including phenoxy) is 5. The smallest absolute Gasteiger partial charge is 0.343 e. The highest BCUT2D eigenvalue weighted by Gasteiger charge is 2.45. The Morgan fingerprint density at radius 3 is 2.44 bits per heavy atom. The molecule has 0 saturated carbocycles. The van der Waals surface area contributed by atoms with E-state index in [-0.39, 0.29) is 56.5 Å². The molecule has 14 heteroatoms. The van der Waals surface area contributed by atoms with Gasteiger partial charge in [0.15, 0.2) is 6.73 Å². The Morgan fingerprint density at radius 1 is 1.03 bits per heavy atom. The average molecular weight is 603 g/mol. The van der Waals surface area contributed by atoms with Crippen molar-refractivity contribution in [1.29, 1.82) is 0 Å². The molecule has 212 valence electrons. The molecule has 0 atom stereocenters. The van der Waals surface area contributed by atoms with Crippen LogP contribution in [-0.2, 0) is 19.5 Å². The number of rotatable bonds is 11. The van der Waals surface area contributed by atoms with Gasteiger partial charge in [-0.05, 0) is 26.0 Å². The van der Waals surface area contributed by atoms with Crippen LogP contribution < -0.4 is 14.2 Å². The second kappa shape index (κ2) is 12.6. The van der Waals surface area contributed by atoms with E-state index in [0.717, 1.165) is 13.1 Å². The zero-order valence-corrected chi connectivity index (χ0v) is 23.7. The number of halogens is 2. The zero-order valence-electron chi connectivity index (χ0n) is 21.4. The minimum atomic E-state index is -4.36. The first kappa shape index (κ1) is 29.2. The van der Waals surface area contributed by atoms with Gasteiger partial charge in [-0.15, -0.1) is 0 Å². The maximum Gasteiger partial charge on any atom is 0.343 e. The molecule has 2 aliphatic rings. The Labute approximate surface area is 236 Å². The Morgan fingerprint density at radius 2 is 1.74 bits per heavy atom. The summed E-state index contributed by atoms with van der Waals surface area (Å²) >= 11 is 12.6. The highest BCUT2D eigenvalue weighted by atomic mass is 35.5. The van der Waals surface area contributed by atoms with Crippen LogP contribution in [0.2, 0.25) is 10.0 Å². The number of sulfonamides is 1. The fourth-order valence-corrected chi connectivity index (χ4v) is 6.14. The summed E-state index contributed by atoms with van der Waals surface area (Å²) in [4.78, 5) is 28.0. The van der Waals surface area contributed by atoms with Gasteiger partial charge in [-0.2, -0.15) is 4.31 Å². The number of hydrogen-bond acceptors (Lipinski definition) is 10. The van der Waals surface area contributed by atoms with Gasteiger partial charge in [0.05, 0.1) is 36.5 Å². The summed E-state index contributed by atoms with van der Waals surface area (Å²) in [5, 5.41) is -0.113. The molecule has 0 unspecified atom stereocenters. The highest BCUT2D eigenvalue weighted by molar-refractivity contribution is 7.90. The fraction of sp³-hybridized carbons (Fsp3) is 0.440. The summed E-state index contributed by atoms with van der Waals surface area (Å²) in [6.45, 7) is 6.81. The molecule has 1 saturated heterocycles. The average Bonchev–Trinajstić information content (AvgIpc) is 3.09. The van der Waals surface area contributed by atoms with Crippen LogP contribution >= 0.6 is 23.2 Å². The number of amides is 1. The molecule has 2 aromatic carbocycles. The lowest BCUT2D eigenvalue weighted by atomic mass is 10.1. The number of benzene rings is 2. The maximum atomic E-state index is 13.2. The molecule has 0 aliphatic carbocycles. The lowest BCUT2D eigenvalue weighted by molar-refractivity contribution is 0.0320. The van der Waals surface area contributed by atoms with Crippen LogP contribution in [0.5, 0.6) is 17.2 Å². The molecule has 2 aliphatic heterocycles. The van der Waals surface area contributed by atoms with E-state index in [1.54, 1.807) is 13.8 Å². The van der Waals surface area contributed by atoms with Gasteiger partial charge in [0.25, 0.3) is 15.9 Å². The van der Waals surface area contributed by atoms with Crippen LogP contribution in [0.4, 0.5) is 0 Å². The minimum absolute atomic E-state index is 0.0237. The maximum absolute atomic E-state index is 13.2. The highest BCUT2D eigenvalue weighted by Crippen LogP contribution is 2.40. The van der Waals surface area contributed by atoms with Gasteiger partial charge in [-0.3, -0.25) is 9.69 Å². The van der Waals surface area contributed by atoms with Crippen LogP contribution in [-0.4, -0.2) is 88.9 Å². The van der Waals surface area contributed by atoms with E-state index in [0.29, 0.717) is 30.7 Å². The monoisotopic (exact) mass is 602 g/mol. The fourth-order valence-electron chi connectivity index (χ4n) is 4.11. The third-order valence-electron chi connectivity index (χ3n) is 6.00. The minimum Gasteiger partial charge on any atom is -0.494 e. The van der Waals surface area contributed by atoms with E-state index in [4.69, 9.17) is 46.9 Å². The predicted molar refractivity (Wildman–Crippen MR) is 142 cm³/mol.